The van der Waals surface area contributed by atoms with Crippen LogP contribution in [0.1, 0.15) is 11.1 Å². The van der Waals surface area contributed by atoms with Gasteiger partial charge in [-0.25, -0.2) is 9.97 Å². The van der Waals surface area contributed by atoms with E-state index in [0.29, 0.717) is 0 Å². The van der Waals surface area contributed by atoms with Crippen molar-refractivity contribution in [2.24, 2.45) is 0 Å². The predicted octanol–water partition coefficient (Wildman–Crippen LogP) is 4.01. The van der Waals surface area contributed by atoms with E-state index in [1.807, 2.05) is 36.4 Å². The van der Waals surface area contributed by atoms with Crippen LogP contribution in [0, 0.1) is 0 Å². The highest BCUT2D eigenvalue weighted by Crippen LogP contribution is 2.22. The first-order valence-electron chi connectivity index (χ1n) is 6.85. The summed E-state index contributed by atoms with van der Waals surface area (Å²) in [5.41, 5.74) is 3.43. The SMILES string of the molecule is COc1ccc2ncncc2c1.Clc1ccc2c(c1)COC2. The Labute approximate surface area is 133 Å². The van der Waals surface area contributed by atoms with Crippen molar-refractivity contribution in [3.8, 4) is 5.75 Å². The van der Waals surface area contributed by atoms with Crippen molar-refractivity contribution in [3.05, 3.63) is 65.1 Å². The number of rotatable bonds is 1. The molecule has 5 heteroatoms. The summed E-state index contributed by atoms with van der Waals surface area (Å²) < 4.78 is 10.3. The van der Waals surface area contributed by atoms with Crippen LogP contribution in [0.5, 0.6) is 5.75 Å². The van der Waals surface area contributed by atoms with Crippen LogP contribution < -0.4 is 4.74 Å². The number of methoxy groups -OCH3 is 1. The maximum Gasteiger partial charge on any atom is 0.119 e. The van der Waals surface area contributed by atoms with Gasteiger partial charge in [-0.1, -0.05) is 17.7 Å². The molecule has 0 radical (unpaired) electrons. The van der Waals surface area contributed by atoms with Gasteiger partial charge >= 0.3 is 0 Å². The van der Waals surface area contributed by atoms with Crippen molar-refractivity contribution in [3.63, 3.8) is 0 Å². The maximum atomic E-state index is 5.77. The van der Waals surface area contributed by atoms with Crippen LogP contribution in [-0.2, 0) is 18.0 Å². The van der Waals surface area contributed by atoms with Gasteiger partial charge in [-0.05, 0) is 41.5 Å². The van der Waals surface area contributed by atoms with Crippen molar-refractivity contribution in [1.29, 1.82) is 0 Å². The monoisotopic (exact) mass is 314 g/mol. The number of hydrogen-bond acceptors (Lipinski definition) is 4. The van der Waals surface area contributed by atoms with Crippen molar-refractivity contribution in [1.82, 2.24) is 9.97 Å². The average Bonchev–Trinajstić information content (AvgIpc) is 3.02. The Morgan fingerprint density at radius 1 is 1.09 bits per heavy atom. The highest BCUT2D eigenvalue weighted by Gasteiger charge is 2.09. The summed E-state index contributed by atoms with van der Waals surface area (Å²) in [5.74, 6) is 0.831. The molecule has 22 heavy (non-hydrogen) atoms. The third-order valence-electron chi connectivity index (χ3n) is 3.40. The third kappa shape index (κ3) is 3.35. The number of ether oxygens (including phenoxy) is 2. The summed E-state index contributed by atoms with van der Waals surface area (Å²) in [6.07, 6.45) is 3.31. The minimum absolute atomic E-state index is 0.718. The van der Waals surface area contributed by atoms with E-state index in [1.165, 1.54) is 17.5 Å². The Bertz CT molecular complexity index is 792. The molecule has 1 aliphatic heterocycles. The van der Waals surface area contributed by atoms with Crippen molar-refractivity contribution in [2.75, 3.05) is 7.11 Å². The first-order chi connectivity index (χ1) is 10.8. The molecule has 4 nitrogen and oxygen atoms in total. The van der Waals surface area contributed by atoms with E-state index in [2.05, 4.69) is 9.97 Å². The second-order valence-electron chi connectivity index (χ2n) is 4.85. The molecule has 0 saturated heterocycles. The number of benzene rings is 2. The van der Waals surface area contributed by atoms with Gasteiger partial charge < -0.3 is 9.47 Å². The van der Waals surface area contributed by atoms with E-state index in [9.17, 15) is 0 Å². The minimum Gasteiger partial charge on any atom is -0.497 e. The summed E-state index contributed by atoms with van der Waals surface area (Å²) in [7, 11) is 1.64. The Hall–Kier alpha value is -2.17. The van der Waals surface area contributed by atoms with E-state index < -0.39 is 0 Å². The lowest BCUT2D eigenvalue weighted by Gasteiger charge is -1.99. The fourth-order valence-corrected chi connectivity index (χ4v) is 2.43. The van der Waals surface area contributed by atoms with Gasteiger partial charge in [0, 0.05) is 16.6 Å². The summed E-state index contributed by atoms with van der Waals surface area (Å²) in [5, 5.41) is 1.79. The van der Waals surface area contributed by atoms with Gasteiger partial charge in [0.2, 0.25) is 0 Å². The van der Waals surface area contributed by atoms with Crippen molar-refractivity contribution in [2.45, 2.75) is 13.2 Å². The smallest absolute Gasteiger partial charge is 0.119 e. The number of halogens is 1. The van der Waals surface area contributed by atoms with Crippen molar-refractivity contribution >= 4 is 22.5 Å². The standard InChI is InChI=1S/C9H8N2O.C8H7ClO/c1-12-8-2-3-9-7(4-8)5-10-6-11-9;9-8-2-1-6-4-10-5-7(6)3-8/h2-6H,1H3;1-3H,4-5H2. The number of fused-ring (bicyclic) bond motifs is 2. The lowest BCUT2D eigenvalue weighted by atomic mass is 10.1. The van der Waals surface area contributed by atoms with Crippen LogP contribution in [0.3, 0.4) is 0 Å². The van der Waals surface area contributed by atoms with E-state index in [1.54, 1.807) is 13.3 Å². The summed E-state index contributed by atoms with van der Waals surface area (Å²) in [6.45, 7) is 1.46. The average molecular weight is 315 g/mol. The highest BCUT2D eigenvalue weighted by atomic mass is 35.5. The molecule has 112 valence electrons. The van der Waals surface area contributed by atoms with Crippen LogP contribution in [0.4, 0.5) is 0 Å². The molecule has 0 amide bonds. The van der Waals surface area contributed by atoms with E-state index >= 15 is 0 Å². The van der Waals surface area contributed by atoms with Crippen LogP contribution in [-0.4, -0.2) is 17.1 Å². The predicted molar refractivity (Wildman–Crippen MR) is 86.0 cm³/mol. The van der Waals surface area contributed by atoms with Crippen LogP contribution in [0.2, 0.25) is 5.02 Å². The van der Waals surface area contributed by atoms with Crippen LogP contribution in [0.25, 0.3) is 10.9 Å². The van der Waals surface area contributed by atoms with Crippen LogP contribution in [0.15, 0.2) is 48.9 Å². The zero-order chi connectivity index (χ0) is 15.4. The molecule has 3 aromatic rings. The molecular formula is C17H15ClN2O2. The van der Waals surface area contributed by atoms with Crippen molar-refractivity contribution < 1.29 is 9.47 Å². The number of hydrogen-bond donors (Lipinski definition) is 0. The van der Waals surface area contributed by atoms with E-state index in [0.717, 1.165) is 34.9 Å². The maximum absolute atomic E-state index is 5.77. The molecule has 0 aliphatic carbocycles. The Kier molecular flexibility index (Phi) is 4.51. The lowest BCUT2D eigenvalue weighted by molar-refractivity contribution is 0.134. The molecule has 0 unspecified atom stereocenters. The molecule has 0 bridgehead atoms. The minimum atomic E-state index is 0.718. The van der Waals surface area contributed by atoms with Gasteiger partial charge in [-0.15, -0.1) is 0 Å². The van der Waals surface area contributed by atoms with E-state index in [4.69, 9.17) is 21.1 Å². The Balaban J connectivity index is 0.000000133. The summed E-state index contributed by atoms with van der Waals surface area (Å²) in [4.78, 5) is 8.01. The first kappa shape index (κ1) is 14.8. The second-order valence-corrected chi connectivity index (χ2v) is 5.29. The van der Waals surface area contributed by atoms with Gasteiger partial charge in [0.05, 0.1) is 25.8 Å². The molecule has 0 fully saturated rings. The van der Waals surface area contributed by atoms with Gasteiger partial charge in [0.15, 0.2) is 0 Å². The molecular weight excluding hydrogens is 300 g/mol. The molecule has 0 saturated carbocycles. The molecule has 1 aliphatic rings. The quantitative estimate of drug-likeness (QED) is 0.681. The van der Waals surface area contributed by atoms with Gasteiger partial charge in [-0.2, -0.15) is 0 Å². The molecule has 0 atom stereocenters. The molecule has 2 aromatic carbocycles. The zero-order valence-corrected chi connectivity index (χ0v) is 12.9. The largest absolute Gasteiger partial charge is 0.497 e. The van der Waals surface area contributed by atoms with Gasteiger partial charge in [0.25, 0.3) is 0 Å². The van der Waals surface area contributed by atoms with Crippen LogP contribution >= 0.6 is 11.6 Å². The summed E-state index contributed by atoms with van der Waals surface area (Å²) >= 11 is 5.77. The Morgan fingerprint density at radius 2 is 1.95 bits per heavy atom. The zero-order valence-electron chi connectivity index (χ0n) is 12.1. The molecule has 4 rings (SSSR count). The lowest BCUT2D eigenvalue weighted by Crippen LogP contribution is -1.84. The molecule has 1 aromatic heterocycles. The fraction of sp³-hybridized carbons (Fsp3) is 0.176. The van der Waals surface area contributed by atoms with Gasteiger partial charge in [-0.3, -0.25) is 0 Å². The van der Waals surface area contributed by atoms with Gasteiger partial charge in [0.1, 0.15) is 12.1 Å². The molecule has 0 N–H and O–H groups in total. The molecule has 0 spiro atoms. The highest BCUT2D eigenvalue weighted by molar-refractivity contribution is 6.30. The topological polar surface area (TPSA) is 44.2 Å². The first-order valence-corrected chi connectivity index (χ1v) is 7.23. The fourth-order valence-electron chi connectivity index (χ4n) is 2.23. The normalized spacial score (nSPS) is 12.5. The second kappa shape index (κ2) is 6.73. The third-order valence-corrected chi connectivity index (χ3v) is 3.63. The summed E-state index contributed by atoms with van der Waals surface area (Å²) in [6, 6.07) is 11.6. The Morgan fingerprint density at radius 3 is 2.82 bits per heavy atom. The molecule has 2 heterocycles. The number of aromatic nitrogens is 2. The van der Waals surface area contributed by atoms with E-state index in [-0.39, 0.29) is 0 Å². The number of nitrogens with zero attached hydrogens (tertiary/aromatic N) is 2.